The van der Waals surface area contributed by atoms with Gasteiger partial charge >= 0.3 is 0 Å². The van der Waals surface area contributed by atoms with Gasteiger partial charge in [0, 0.05) is 4.88 Å². The molecule has 0 saturated carbocycles. The van der Waals surface area contributed by atoms with Gasteiger partial charge in [-0.05, 0) is 20.3 Å². The molecule has 0 saturated heterocycles. The molecule has 0 spiro atoms. The maximum Gasteiger partial charge on any atom is 0.243 e. The molecule has 0 aliphatic carbocycles. The summed E-state index contributed by atoms with van der Waals surface area (Å²) in [5, 5.41) is -0.503. The van der Waals surface area contributed by atoms with Gasteiger partial charge in [-0.2, -0.15) is 0 Å². The Hall–Kier alpha value is -0.730. The fraction of sp³-hybridized carbons (Fsp3) is 0.556. The van der Waals surface area contributed by atoms with Crippen LogP contribution in [0.4, 0.5) is 5.13 Å². The van der Waals surface area contributed by atoms with E-state index in [2.05, 4.69) is 9.71 Å². The number of sulfonamides is 1. The van der Waals surface area contributed by atoms with E-state index in [1.807, 2.05) is 13.8 Å². The zero-order valence-electron chi connectivity index (χ0n) is 9.85. The van der Waals surface area contributed by atoms with E-state index in [4.69, 9.17) is 18.0 Å². The van der Waals surface area contributed by atoms with Crippen molar-refractivity contribution < 1.29 is 8.42 Å². The maximum absolute atomic E-state index is 12.0. The average molecular weight is 293 g/mol. The molecule has 8 heteroatoms. The first-order valence-electron chi connectivity index (χ1n) is 5.03. The Morgan fingerprint density at radius 3 is 2.53 bits per heavy atom. The summed E-state index contributed by atoms with van der Waals surface area (Å²) in [5.41, 5.74) is 6.23. The van der Waals surface area contributed by atoms with E-state index in [-0.39, 0.29) is 4.99 Å². The van der Waals surface area contributed by atoms with E-state index in [9.17, 15) is 8.42 Å². The Bertz CT molecular complexity index is 502. The normalized spacial score (nSPS) is 13.4. The van der Waals surface area contributed by atoms with E-state index in [0.29, 0.717) is 11.6 Å². The van der Waals surface area contributed by atoms with Crippen molar-refractivity contribution in [1.29, 1.82) is 0 Å². The Morgan fingerprint density at radius 1 is 1.59 bits per heavy atom. The third kappa shape index (κ3) is 3.36. The van der Waals surface area contributed by atoms with Crippen LogP contribution in [0, 0.1) is 13.8 Å². The molecular formula is C9H15N3O2S3. The minimum absolute atomic E-state index is 0.0231. The summed E-state index contributed by atoms with van der Waals surface area (Å²) in [6.45, 7) is 5.44. The van der Waals surface area contributed by atoms with Gasteiger partial charge in [0.05, 0.1) is 10.7 Å². The van der Waals surface area contributed by atoms with Crippen LogP contribution in [-0.2, 0) is 10.0 Å². The highest BCUT2D eigenvalue weighted by atomic mass is 32.2. The van der Waals surface area contributed by atoms with Crippen LogP contribution in [0.1, 0.15) is 23.9 Å². The van der Waals surface area contributed by atoms with Gasteiger partial charge < -0.3 is 5.73 Å². The standard InChI is InChI=1S/C9H15N3O2S3/c1-4-7(8(10)15)17(13,14)12-9-11-5(2)6(3)16-9/h7H,4H2,1-3H3,(H2,10,15)(H,11,12). The number of rotatable bonds is 5. The lowest BCUT2D eigenvalue weighted by molar-refractivity contribution is 0.594. The molecule has 0 radical (unpaired) electrons. The van der Waals surface area contributed by atoms with E-state index in [1.54, 1.807) is 6.92 Å². The summed E-state index contributed by atoms with van der Waals surface area (Å²) < 4.78 is 26.4. The molecule has 5 nitrogen and oxygen atoms in total. The monoisotopic (exact) mass is 293 g/mol. The lowest BCUT2D eigenvalue weighted by Crippen LogP contribution is -2.37. The van der Waals surface area contributed by atoms with Crippen molar-refractivity contribution in [2.45, 2.75) is 32.4 Å². The van der Waals surface area contributed by atoms with E-state index in [1.165, 1.54) is 11.3 Å². The Morgan fingerprint density at radius 2 is 2.18 bits per heavy atom. The van der Waals surface area contributed by atoms with Gasteiger partial charge in [-0.3, -0.25) is 4.72 Å². The van der Waals surface area contributed by atoms with Gasteiger partial charge in [-0.15, -0.1) is 11.3 Å². The van der Waals surface area contributed by atoms with Crippen molar-refractivity contribution in [1.82, 2.24) is 4.98 Å². The second-order valence-electron chi connectivity index (χ2n) is 3.61. The van der Waals surface area contributed by atoms with Crippen molar-refractivity contribution in [2.24, 2.45) is 5.73 Å². The molecule has 0 aliphatic heterocycles. The second kappa shape index (κ2) is 5.28. The molecule has 3 N–H and O–H groups in total. The van der Waals surface area contributed by atoms with Crippen molar-refractivity contribution in [3.63, 3.8) is 0 Å². The van der Waals surface area contributed by atoms with E-state index < -0.39 is 15.3 Å². The fourth-order valence-corrected chi connectivity index (χ4v) is 4.19. The molecule has 1 aromatic heterocycles. The van der Waals surface area contributed by atoms with Crippen LogP contribution in [0.2, 0.25) is 0 Å². The number of aryl methyl sites for hydroxylation is 2. The summed E-state index contributed by atoms with van der Waals surface area (Å²) in [6.07, 6.45) is 0.341. The van der Waals surface area contributed by atoms with Gasteiger partial charge in [0.1, 0.15) is 5.25 Å². The Kier molecular flexibility index (Phi) is 4.45. The highest BCUT2D eigenvalue weighted by Gasteiger charge is 2.27. The number of aromatic nitrogens is 1. The molecule has 0 bridgehead atoms. The van der Waals surface area contributed by atoms with Gasteiger partial charge in [0.15, 0.2) is 5.13 Å². The fourth-order valence-electron chi connectivity index (χ4n) is 1.28. The van der Waals surface area contributed by atoms with Crippen molar-refractivity contribution in [2.75, 3.05) is 4.72 Å². The topological polar surface area (TPSA) is 85.1 Å². The molecule has 1 unspecified atom stereocenters. The first kappa shape index (κ1) is 14.3. The van der Waals surface area contributed by atoms with Crippen LogP contribution in [0.3, 0.4) is 0 Å². The molecule has 0 aromatic carbocycles. The number of thiazole rings is 1. The van der Waals surface area contributed by atoms with Crippen molar-refractivity contribution >= 4 is 43.7 Å². The molecule has 1 atom stereocenters. The zero-order chi connectivity index (χ0) is 13.2. The maximum atomic E-state index is 12.0. The first-order chi connectivity index (χ1) is 7.77. The quantitative estimate of drug-likeness (QED) is 0.805. The summed E-state index contributed by atoms with van der Waals surface area (Å²) in [7, 11) is -3.60. The molecule has 1 rings (SSSR count). The van der Waals surface area contributed by atoms with Crippen LogP contribution in [0.25, 0.3) is 0 Å². The molecular weight excluding hydrogens is 278 g/mol. The van der Waals surface area contributed by atoms with Crippen LogP contribution in [-0.4, -0.2) is 23.6 Å². The van der Waals surface area contributed by atoms with Crippen molar-refractivity contribution in [3.8, 4) is 0 Å². The van der Waals surface area contributed by atoms with Gasteiger partial charge in [0.2, 0.25) is 10.0 Å². The molecule has 0 amide bonds. The van der Waals surface area contributed by atoms with Crippen LogP contribution >= 0.6 is 23.6 Å². The second-order valence-corrected chi connectivity index (χ2v) is 7.14. The smallest absolute Gasteiger partial charge is 0.243 e. The molecule has 17 heavy (non-hydrogen) atoms. The first-order valence-corrected chi connectivity index (χ1v) is 7.80. The van der Waals surface area contributed by atoms with Crippen molar-refractivity contribution in [3.05, 3.63) is 10.6 Å². The van der Waals surface area contributed by atoms with Crippen LogP contribution < -0.4 is 10.5 Å². The summed E-state index contributed by atoms with van der Waals surface area (Å²) >= 11 is 6.05. The zero-order valence-corrected chi connectivity index (χ0v) is 12.3. The van der Waals surface area contributed by atoms with E-state index >= 15 is 0 Å². The molecule has 0 fully saturated rings. The van der Waals surface area contributed by atoms with Gasteiger partial charge in [-0.1, -0.05) is 19.1 Å². The lowest BCUT2D eigenvalue weighted by atomic mass is 10.3. The lowest BCUT2D eigenvalue weighted by Gasteiger charge is -2.14. The minimum atomic E-state index is -3.60. The van der Waals surface area contributed by atoms with Crippen LogP contribution in [0.5, 0.6) is 0 Å². The Labute approximate surface area is 110 Å². The highest BCUT2D eigenvalue weighted by molar-refractivity contribution is 7.95. The average Bonchev–Trinajstić information content (AvgIpc) is 2.43. The molecule has 1 heterocycles. The molecule has 96 valence electrons. The SMILES string of the molecule is CCC(C(N)=S)S(=O)(=O)Nc1nc(C)c(C)s1. The summed E-state index contributed by atoms with van der Waals surface area (Å²) in [5.74, 6) is 0. The predicted octanol–water partition coefficient (Wildman–Crippen LogP) is 1.57. The van der Waals surface area contributed by atoms with Gasteiger partial charge in [-0.25, -0.2) is 13.4 Å². The molecule has 1 aromatic rings. The minimum Gasteiger partial charge on any atom is -0.392 e. The highest BCUT2D eigenvalue weighted by Crippen LogP contribution is 2.23. The number of thiocarbonyl (C=S) groups is 1. The number of hydrogen-bond acceptors (Lipinski definition) is 5. The number of nitrogens with two attached hydrogens (primary N) is 1. The van der Waals surface area contributed by atoms with Gasteiger partial charge in [0.25, 0.3) is 0 Å². The number of nitrogens with one attached hydrogen (secondary N) is 1. The van der Waals surface area contributed by atoms with Crippen LogP contribution in [0.15, 0.2) is 0 Å². The third-order valence-electron chi connectivity index (χ3n) is 2.32. The largest absolute Gasteiger partial charge is 0.392 e. The van der Waals surface area contributed by atoms with E-state index in [0.717, 1.165) is 10.6 Å². The third-order valence-corrected chi connectivity index (χ3v) is 5.69. The number of hydrogen-bond donors (Lipinski definition) is 2. The molecule has 0 aliphatic rings. The summed E-state index contributed by atoms with van der Waals surface area (Å²) in [4.78, 5) is 5.07. The predicted molar refractivity (Wildman–Crippen MR) is 75.0 cm³/mol. The number of nitrogens with zero attached hydrogens (tertiary/aromatic N) is 1. The summed E-state index contributed by atoms with van der Waals surface area (Å²) in [6, 6.07) is 0. The Balaban J connectivity index is 2.97. The number of anilines is 1.